The van der Waals surface area contributed by atoms with Gasteiger partial charge in [0.1, 0.15) is 0 Å². The first-order valence-corrected chi connectivity index (χ1v) is 7.47. The number of hydrogen-bond donors (Lipinski definition) is 1. The average Bonchev–Trinajstić information content (AvgIpc) is 2.11. The zero-order valence-electron chi connectivity index (χ0n) is 10.6. The summed E-state index contributed by atoms with van der Waals surface area (Å²) in [6, 6.07) is 0.423. The van der Waals surface area contributed by atoms with Crippen LogP contribution in [0.5, 0.6) is 0 Å². The summed E-state index contributed by atoms with van der Waals surface area (Å²) in [4.78, 5) is 0. The minimum Gasteiger partial charge on any atom is -0.313 e. The standard InChI is InChI=1S/C11H25NO2S/c1-6-11(9(2)3)12-7-8-15(13,14)10(4)5/h9-12H,6-8H2,1-5H3. The molecule has 0 aromatic heterocycles. The van der Waals surface area contributed by atoms with Gasteiger partial charge in [-0.2, -0.15) is 0 Å². The van der Waals surface area contributed by atoms with Crippen LogP contribution in [-0.4, -0.2) is 32.0 Å². The molecule has 0 aliphatic rings. The molecular formula is C11H25NO2S. The van der Waals surface area contributed by atoms with Crippen LogP contribution in [0, 0.1) is 5.92 Å². The van der Waals surface area contributed by atoms with Crippen LogP contribution in [0.4, 0.5) is 0 Å². The third-order valence-electron chi connectivity index (χ3n) is 2.76. The summed E-state index contributed by atoms with van der Waals surface area (Å²) in [7, 11) is -2.89. The molecule has 15 heavy (non-hydrogen) atoms. The van der Waals surface area contributed by atoms with E-state index in [9.17, 15) is 8.42 Å². The maximum absolute atomic E-state index is 11.5. The lowest BCUT2D eigenvalue weighted by Gasteiger charge is -2.20. The summed E-state index contributed by atoms with van der Waals surface area (Å²) in [5.74, 6) is 0.796. The molecule has 1 unspecified atom stereocenters. The zero-order chi connectivity index (χ0) is 12.1. The monoisotopic (exact) mass is 235 g/mol. The van der Waals surface area contributed by atoms with E-state index in [1.807, 2.05) is 0 Å². The van der Waals surface area contributed by atoms with Gasteiger partial charge in [-0.3, -0.25) is 0 Å². The van der Waals surface area contributed by atoms with Gasteiger partial charge in [0.25, 0.3) is 0 Å². The van der Waals surface area contributed by atoms with Crippen molar-refractivity contribution in [3.05, 3.63) is 0 Å². The smallest absolute Gasteiger partial charge is 0.153 e. The molecule has 0 fully saturated rings. The molecule has 0 saturated carbocycles. The Hall–Kier alpha value is -0.0900. The van der Waals surface area contributed by atoms with Gasteiger partial charge in [-0.1, -0.05) is 20.8 Å². The van der Waals surface area contributed by atoms with Crippen molar-refractivity contribution in [3.63, 3.8) is 0 Å². The number of rotatable bonds is 7. The normalized spacial score (nSPS) is 14.9. The van der Waals surface area contributed by atoms with Gasteiger partial charge in [0, 0.05) is 12.6 Å². The number of sulfone groups is 1. The first-order valence-electron chi connectivity index (χ1n) is 5.76. The van der Waals surface area contributed by atoms with Crippen molar-refractivity contribution in [2.75, 3.05) is 12.3 Å². The van der Waals surface area contributed by atoms with Gasteiger partial charge < -0.3 is 5.32 Å². The summed E-state index contributed by atoms with van der Waals surface area (Å²) in [6.07, 6.45) is 1.04. The lowest BCUT2D eigenvalue weighted by atomic mass is 10.0. The topological polar surface area (TPSA) is 46.2 Å². The SMILES string of the molecule is CCC(NCCS(=O)(=O)C(C)C)C(C)C. The van der Waals surface area contributed by atoms with Gasteiger partial charge in [0.05, 0.1) is 11.0 Å². The van der Waals surface area contributed by atoms with Gasteiger partial charge in [-0.25, -0.2) is 8.42 Å². The van der Waals surface area contributed by atoms with E-state index in [2.05, 4.69) is 26.1 Å². The van der Waals surface area contributed by atoms with Crippen LogP contribution in [-0.2, 0) is 9.84 Å². The van der Waals surface area contributed by atoms with E-state index in [0.29, 0.717) is 18.5 Å². The average molecular weight is 235 g/mol. The molecule has 3 nitrogen and oxygen atoms in total. The highest BCUT2D eigenvalue weighted by atomic mass is 32.2. The lowest BCUT2D eigenvalue weighted by Crippen LogP contribution is -2.37. The molecule has 0 aromatic carbocycles. The summed E-state index contributed by atoms with van der Waals surface area (Å²) in [5.41, 5.74) is 0. The van der Waals surface area contributed by atoms with Gasteiger partial charge in [-0.05, 0) is 26.2 Å². The van der Waals surface area contributed by atoms with Crippen molar-refractivity contribution >= 4 is 9.84 Å². The summed E-state index contributed by atoms with van der Waals surface area (Å²) < 4.78 is 23.1. The fourth-order valence-corrected chi connectivity index (χ4v) is 2.35. The molecule has 1 N–H and O–H groups in total. The van der Waals surface area contributed by atoms with Crippen molar-refractivity contribution < 1.29 is 8.42 Å². The van der Waals surface area contributed by atoms with E-state index in [0.717, 1.165) is 6.42 Å². The molecule has 1 atom stereocenters. The molecule has 0 amide bonds. The highest BCUT2D eigenvalue weighted by molar-refractivity contribution is 7.92. The van der Waals surface area contributed by atoms with Crippen LogP contribution >= 0.6 is 0 Å². The molecule has 0 spiro atoms. The third kappa shape index (κ3) is 5.52. The first kappa shape index (κ1) is 14.9. The highest BCUT2D eigenvalue weighted by Crippen LogP contribution is 2.05. The van der Waals surface area contributed by atoms with E-state index < -0.39 is 9.84 Å². The quantitative estimate of drug-likeness (QED) is 0.732. The maximum atomic E-state index is 11.5. The minimum absolute atomic E-state index is 0.244. The van der Waals surface area contributed by atoms with E-state index in [-0.39, 0.29) is 11.0 Å². The Kier molecular flexibility index (Phi) is 6.44. The van der Waals surface area contributed by atoms with E-state index in [1.165, 1.54) is 0 Å². The molecule has 0 aromatic rings. The summed E-state index contributed by atoms with van der Waals surface area (Å²) in [5, 5.41) is 3.04. The van der Waals surface area contributed by atoms with Gasteiger partial charge >= 0.3 is 0 Å². The Morgan fingerprint density at radius 3 is 2.00 bits per heavy atom. The van der Waals surface area contributed by atoms with E-state index in [4.69, 9.17) is 0 Å². The Morgan fingerprint density at radius 2 is 1.67 bits per heavy atom. The van der Waals surface area contributed by atoms with Gasteiger partial charge in [0.15, 0.2) is 9.84 Å². The van der Waals surface area contributed by atoms with E-state index >= 15 is 0 Å². The Labute approximate surface area is 94.6 Å². The van der Waals surface area contributed by atoms with Crippen molar-refractivity contribution in [2.45, 2.75) is 52.3 Å². The molecular weight excluding hydrogens is 210 g/mol. The molecule has 0 aliphatic heterocycles. The van der Waals surface area contributed by atoms with Crippen LogP contribution < -0.4 is 5.32 Å². The number of nitrogens with one attached hydrogen (secondary N) is 1. The zero-order valence-corrected chi connectivity index (χ0v) is 11.4. The Balaban J connectivity index is 3.98. The Bertz CT molecular complexity index is 258. The largest absolute Gasteiger partial charge is 0.313 e. The molecule has 0 saturated heterocycles. The van der Waals surface area contributed by atoms with Crippen LogP contribution in [0.15, 0.2) is 0 Å². The summed E-state index contributed by atoms with van der Waals surface area (Å²) in [6.45, 7) is 10.5. The number of hydrogen-bond acceptors (Lipinski definition) is 3. The van der Waals surface area contributed by atoms with Gasteiger partial charge in [-0.15, -0.1) is 0 Å². The molecule has 4 heteroatoms. The maximum Gasteiger partial charge on any atom is 0.153 e. The molecule has 0 heterocycles. The molecule has 0 bridgehead atoms. The lowest BCUT2D eigenvalue weighted by molar-refractivity contribution is 0.397. The molecule has 0 radical (unpaired) electrons. The van der Waals surface area contributed by atoms with Crippen molar-refractivity contribution in [2.24, 2.45) is 5.92 Å². The second kappa shape index (κ2) is 6.48. The predicted molar refractivity (Wildman–Crippen MR) is 65.8 cm³/mol. The third-order valence-corrected chi connectivity index (χ3v) is 4.97. The summed E-state index contributed by atoms with van der Waals surface area (Å²) >= 11 is 0. The van der Waals surface area contributed by atoms with Crippen LogP contribution in [0.2, 0.25) is 0 Å². The first-order chi connectivity index (χ1) is 6.81. The van der Waals surface area contributed by atoms with Gasteiger partial charge in [0.2, 0.25) is 0 Å². The molecule has 0 aliphatic carbocycles. The van der Waals surface area contributed by atoms with Crippen molar-refractivity contribution in [1.82, 2.24) is 5.32 Å². The Morgan fingerprint density at radius 1 is 1.13 bits per heavy atom. The second-order valence-corrected chi connectivity index (χ2v) is 7.31. The highest BCUT2D eigenvalue weighted by Gasteiger charge is 2.17. The van der Waals surface area contributed by atoms with Crippen LogP contribution in [0.3, 0.4) is 0 Å². The van der Waals surface area contributed by atoms with E-state index in [1.54, 1.807) is 13.8 Å². The molecule has 92 valence electrons. The van der Waals surface area contributed by atoms with Crippen molar-refractivity contribution in [1.29, 1.82) is 0 Å². The van der Waals surface area contributed by atoms with Crippen molar-refractivity contribution in [3.8, 4) is 0 Å². The minimum atomic E-state index is -2.89. The fraction of sp³-hybridized carbons (Fsp3) is 1.00. The van der Waals surface area contributed by atoms with Crippen LogP contribution in [0.25, 0.3) is 0 Å². The predicted octanol–water partition coefficient (Wildman–Crippen LogP) is 1.83. The van der Waals surface area contributed by atoms with Crippen LogP contribution in [0.1, 0.15) is 41.0 Å². The molecule has 0 rings (SSSR count). The second-order valence-electron chi connectivity index (χ2n) is 4.63. The fourth-order valence-electron chi connectivity index (χ4n) is 1.47.